The van der Waals surface area contributed by atoms with E-state index in [0.29, 0.717) is 0 Å². The summed E-state index contributed by atoms with van der Waals surface area (Å²) >= 11 is 0. The fourth-order valence-corrected chi connectivity index (χ4v) is 9.98. The van der Waals surface area contributed by atoms with Gasteiger partial charge in [0, 0.05) is 24.2 Å². The molecule has 0 aliphatic heterocycles. The van der Waals surface area contributed by atoms with Crippen molar-refractivity contribution in [2.45, 2.75) is 25.7 Å². The van der Waals surface area contributed by atoms with Crippen LogP contribution in [0.4, 0.5) is 0 Å². The third-order valence-corrected chi connectivity index (χ3v) is 13.7. The zero-order chi connectivity index (χ0) is 48.1. The van der Waals surface area contributed by atoms with E-state index in [0.717, 1.165) is 98.4 Å². The van der Waals surface area contributed by atoms with E-state index in [2.05, 4.69) is 206 Å². The summed E-state index contributed by atoms with van der Waals surface area (Å²) in [4.78, 5) is 14.9. The Morgan fingerprint density at radius 1 is 0.288 bits per heavy atom. The Kier molecular flexibility index (Phi) is 13.8. The van der Waals surface area contributed by atoms with Crippen molar-refractivity contribution in [1.29, 1.82) is 0 Å². The Morgan fingerprint density at radius 3 is 1.55 bits per heavy atom. The molecule has 0 saturated heterocycles. The second-order valence-electron chi connectivity index (χ2n) is 18.4. The minimum Gasteiger partial charge on any atom is -0.304 e. The number of aromatic nitrogens is 3. The fraction of sp³-hybridized carbons (Fsp3) is 0.0580. The van der Waals surface area contributed by atoms with E-state index in [1.54, 1.807) is 0 Å². The molecule has 4 heteroatoms. The largest absolute Gasteiger partial charge is 3.00 e. The van der Waals surface area contributed by atoms with Crippen LogP contribution in [0.15, 0.2) is 243 Å². The summed E-state index contributed by atoms with van der Waals surface area (Å²) in [7, 11) is 0. The maximum Gasteiger partial charge on any atom is 3.00 e. The number of fused-ring (bicyclic) bond motifs is 3. The van der Waals surface area contributed by atoms with Gasteiger partial charge in [0.05, 0.1) is 0 Å². The molecule has 348 valence electrons. The van der Waals surface area contributed by atoms with Crippen molar-refractivity contribution in [3.8, 4) is 78.3 Å². The molecule has 0 aliphatic carbocycles. The first-order valence-electron chi connectivity index (χ1n) is 24.7. The molecule has 0 unspecified atom stereocenters. The number of nitrogens with zero attached hydrogens (tertiary/aromatic N) is 3. The standard InChI is InChI=1S/C69H48N3.Ir/c1-4-15-52(16-5-1)56-22-14-23-59(42-56)69-44-65(58-35-36-63-57(43-58)34-33-53-17-10-11-24-61(53)63)66(47-72-69)64-26-13-12-25-62(64)60-40-50(29-27-48-31-37-67(70-45-48)54-18-6-2-7-19-54)39-51(41-60)30-28-49-32-38-68(71-46-49)55-20-8-3-9-21-55;/h1-18,20,22,24-26,31-47H,27-30H2;/q-3;+3. The van der Waals surface area contributed by atoms with Crippen molar-refractivity contribution < 1.29 is 20.1 Å². The van der Waals surface area contributed by atoms with Gasteiger partial charge in [-0.3, -0.25) is 0 Å². The summed E-state index contributed by atoms with van der Waals surface area (Å²) in [5, 5.41) is 4.93. The van der Waals surface area contributed by atoms with Crippen LogP contribution in [0, 0.1) is 18.2 Å². The number of rotatable bonds is 13. The molecular formula is C69H48IrN3. The van der Waals surface area contributed by atoms with Crippen LogP contribution in [0.25, 0.3) is 99.8 Å². The van der Waals surface area contributed by atoms with Crippen molar-refractivity contribution in [3.63, 3.8) is 0 Å². The van der Waals surface area contributed by atoms with Crippen LogP contribution in [-0.4, -0.2) is 15.0 Å². The average molecular weight is 1110 g/mol. The Bertz CT molecular complexity index is 3730. The van der Waals surface area contributed by atoms with Gasteiger partial charge >= 0.3 is 20.1 Å². The van der Waals surface area contributed by atoms with E-state index in [1.165, 1.54) is 49.4 Å². The van der Waals surface area contributed by atoms with Crippen LogP contribution >= 0.6 is 0 Å². The van der Waals surface area contributed by atoms with Crippen molar-refractivity contribution in [2.75, 3.05) is 0 Å². The third kappa shape index (κ3) is 10.4. The summed E-state index contributed by atoms with van der Waals surface area (Å²) in [6.07, 6.45) is 9.59. The second-order valence-corrected chi connectivity index (χ2v) is 18.4. The number of pyridine rings is 3. The van der Waals surface area contributed by atoms with E-state index < -0.39 is 0 Å². The molecule has 0 atom stereocenters. The van der Waals surface area contributed by atoms with Gasteiger partial charge in [-0.1, -0.05) is 152 Å². The van der Waals surface area contributed by atoms with Crippen LogP contribution < -0.4 is 0 Å². The molecule has 0 spiro atoms. The van der Waals surface area contributed by atoms with Crippen molar-refractivity contribution >= 4 is 21.5 Å². The summed E-state index contributed by atoms with van der Waals surface area (Å²) in [6.45, 7) is 0. The Labute approximate surface area is 441 Å². The molecular weight excluding hydrogens is 1060 g/mol. The van der Waals surface area contributed by atoms with Gasteiger partial charge in [-0.25, -0.2) is 0 Å². The summed E-state index contributed by atoms with van der Waals surface area (Å²) in [5.41, 5.74) is 19.8. The van der Waals surface area contributed by atoms with E-state index >= 15 is 0 Å². The van der Waals surface area contributed by atoms with Crippen molar-refractivity contribution in [2.24, 2.45) is 0 Å². The number of hydrogen-bond acceptors (Lipinski definition) is 3. The van der Waals surface area contributed by atoms with Gasteiger partial charge in [0.1, 0.15) is 0 Å². The molecule has 12 rings (SSSR count). The quantitative estimate of drug-likeness (QED) is 0.0853. The van der Waals surface area contributed by atoms with Crippen LogP contribution in [-0.2, 0) is 45.8 Å². The third-order valence-electron chi connectivity index (χ3n) is 13.7. The monoisotopic (exact) mass is 1110 g/mol. The zero-order valence-corrected chi connectivity index (χ0v) is 42.5. The number of hydrogen-bond donors (Lipinski definition) is 0. The number of benzene rings is 9. The molecule has 3 nitrogen and oxygen atoms in total. The molecule has 0 fully saturated rings. The minimum absolute atomic E-state index is 0. The van der Waals surface area contributed by atoms with Gasteiger partial charge in [-0.05, 0) is 126 Å². The Morgan fingerprint density at radius 2 is 0.877 bits per heavy atom. The smallest absolute Gasteiger partial charge is 0.304 e. The number of aryl methyl sites for hydroxylation is 4. The molecule has 0 bridgehead atoms. The molecule has 3 heterocycles. The van der Waals surface area contributed by atoms with Crippen molar-refractivity contribution in [3.05, 3.63) is 283 Å². The van der Waals surface area contributed by atoms with Gasteiger partial charge in [0.15, 0.2) is 0 Å². The average Bonchev–Trinajstić information content (AvgIpc) is 3.46. The van der Waals surface area contributed by atoms with Crippen molar-refractivity contribution in [1.82, 2.24) is 15.0 Å². The summed E-state index contributed by atoms with van der Waals surface area (Å²) in [6, 6.07) is 89.9. The van der Waals surface area contributed by atoms with Crippen LogP contribution in [0.2, 0.25) is 0 Å². The van der Waals surface area contributed by atoms with E-state index in [1.807, 2.05) is 54.9 Å². The molecule has 3 aromatic heterocycles. The van der Waals surface area contributed by atoms with Crippen LogP contribution in [0.5, 0.6) is 0 Å². The first-order valence-corrected chi connectivity index (χ1v) is 24.7. The van der Waals surface area contributed by atoms with E-state index in [9.17, 15) is 0 Å². The van der Waals surface area contributed by atoms with Crippen LogP contribution in [0.1, 0.15) is 22.3 Å². The Balaban J connectivity index is 0.00000574. The topological polar surface area (TPSA) is 38.7 Å². The molecule has 0 radical (unpaired) electrons. The maximum atomic E-state index is 5.25. The first kappa shape index (κ1) is 47.0. The first-order chi connectivity index (χ1) is 35.6. The SMILES string of the molecule is [Ir+3].[c-]1ccccc1-c1ccc(CCc2cc(CCc3ccc(-c4[c-]cccc4)nc3)cc(-c3ccccc3-c3cnc(-c4[c-]ccc(-c5ccccc5)c4)cc3-c3ccc4c(ccc5ccccc54)c3)c2)cn1. The predicted octanol–water partition coefficient (Wildman–Crippen LogP) is 16.8. The van der Waals surface area contributed by atoms with Crippen LogP contribution in [0.3, 0.4) is 0 Å². The maximum absolute atomic E-state index is 5.25. The molecule has 0 N–H and O–H groups in total. The fourth-order valence-electron chi connectivity index (χ4n) is 9.98. The molecule has 12 aromatic rings. The van der Waals surface area contributed by atoms with Gasteiger partial charge in [-0.15, -0.1) is 107 Å². The molecule has 0 saturated carbocycles. The van der Waals surface area contributed by atoms with E-state index in [-0.39, 0.29) is 20.1 Å². The van der Waals surface area contributed by atoms with Gasteiger partial charge in [0.25, 0.3) is 0 Å². The molecule has 9 aromatic carbocycles. The van der Waals surface area contributed by atoms with Gasteiger partial charge in [-0.2, -0.15) is 0 Å². The van der Waals surface area contributed by atoms with Gasteiger partial charge in [0.2, 0.25) is 0 Å². The summed E-state index contributed by atoms with van der Waals surface area (Å²) < 4.78 is 0. The normalized spacial score (nSPS) is 11.1. The van der Waals surface area contributed by atoms with Gasteiger partial charge < -0.3 is 15.0 Å². The minimum atomic E-state index is 0. The molecule has 73 heavy (non-hydrogen) atoms. The molecule has 0 amide bonds. The zero-order valence-electron chi connectivity index (χ0n) is 40.1. The second kappa shape index (κ2) is 21.5. The molecule has 0 aliphatic rings. The predicted molar refractivity (Wildman–Crippen MR) is 297 cm³/mol. The van der Waals surface area contributed by atoms with E-state index in [4.69, 9.17) is 15.0 Å². The Hall–Kier alpha value is -8.40. The summed E-state index contributed by atoms with van der Waals surface area (Å²) in [5.74, 6) is 0.